The molecule has 0 aliphatic rings. The molecule has 3 rings (SSSR count). The van der Waals surface area contributed by atoms with Crippen LogP contribution in [0.4, 0.5) is 13.2 Å². The number of alkyl halides is 3. The van der Waals surface area contributed by atoms with Crippen LogP contribution in [0, 0.1) is 0 Å². The van der Waals surface area contributed by atoms with Crippen LogP contribution in [-0.2, 0) is 12.8 Å². The van der Waals surface area contributed by atoms with Gasteiger partial charge in [0.2, 0.25) is 0 Å². The van der Waals surface area contributed by atoms with E-state index in [1.165, 1.54) is 23.5 Å². The summed E-state index contributed by atoms with van der Waals surface area (Å²) in [5.74, 6) is 0.787. The molecule has 23 heavy (non-hydrogen) atoms. The molecule has 0 aliphatic carbocycles. The average molecular weight is 334 g/mol. The lowest BCUT2D eigenvalue weighted by Gasteiger charge is -2.06. The molecule has 0 fully saturated rings. The summed E-state index contributed by atoms with van der Waals surface area (Å²) in [7, 11) is 0. The first kappa shape index (κ1) is 15.6. The largest absolute Gasteiger partial charge is 0.489 e. The van der Waals surface area contributed by atoms with E-state index in [-0.39, 0.29) is 0 Å². The van der Waals surface area contributed by atoms with Gasteiger partial charge >= 0.3 is 6.18 Å². The van der Waals surface area contributed by atoms with Crippen LogP contribution in [0.25, 0.3) is 10.4 Å². The van der Waals surface area contributed by atoms with Crippen LogP contribution in [-0.4, -0.2) is 0 Å². The van der Waals surface area contributed by atoms with Crippen LogP contribution in [0.2, 0.25) is 0 Å². The van der Waals surface area contributed by atoms with E-state index < -0.39 is 11.7 Å². The van der Waals surface area contributed by atoms with Gasteiger partial charge in [-0.05, 0) is 41.3 Å². The molecular formula is C18H13F3OS. The minimum atomic E-state index is -4.30. The summed E-state index contributed by atoms with van der Waals surface area (Å²) < 4.78 is 43.4. The highest BCUT2D eigenvalue weighted by molar-refractivity contribution is 7.13. The zero-order valence-electron chi connectivity index (χ0n) is 12.0. The molecule has 3 aromatic rings. The number of benzene rings is 2. The highest BCUT2D eigenvalue weighted by atomic mass is 32.1. The highest BCUT2D eigenvalue weighted by Gasteiger charge is 2.29. The SMILES string of the molecule is FC(F)(F)c1ccc(-c2cc(COc3ccccc3)cs2)cc1. The summed E-state index contributed by atoms with van der Waals surface area (Å²) in [4.78, 5) is 0.922. The number of para-hydroxylation sites is 1. The molecule has 0 N–H and O–H groups in total. The molecule has 5 heteroatoms. The zero-order chi connectivity index (χ0) is 16.3. The standard InChI is InChI=1S/C18H13F3OS/c19-18(20,21)15-8-6-14(7-9-15)17-10-13(12-23-17)11-22-16-4-2-1-3-5-16/h1-10,12H,11H2. The third-order valence-electron chi connectivity index (χ3n) is 3.30. The van der Waals surface area contributed by atoms with Gasteiger partial charge in [-0.25, -0.2) is 0 Å². The highest BCUT2D eigenvalue weighted by Crippen LogP contribution is 2.33. The van der Waals surface area contributed by atoms with Gasteiger partial charge in [0.05, 0.1) is 5.56 Å². The number of ether oxygens (including phenoxy) is 1. The Bertz CT molecular complexity index is 761. The van der Waals surface area contributed by atoms with Crippen molar-refractivity contribution in [2.24, 2.45) is 0 Å². The van der Waals surface area contributed by atoms with E-state index in [9.17, 15) is 13.2 Å². The van der Waals surface area contributed by atoms with Crippen molar-refractivity contribution < 1.29 is 17.9 Å². The van der Waals surface area contributed by atoms with Gasteiger partial charge in [0, 0.05) is 10.4 Å². The normalized spacial score (nSPS) is 11.4. The fraction of sp³-hybridized carbons (Fsp3) is 0.111. The van der Waals surface area contributed by atoms with Crippen molar-refractivity contribution in [2.75, 3.05) is 0 Å². The van der Waals surface area contributed by atoms with Crippen molar-refractivity contribution in [1.29, 1.82) is 0 Å². The lowest BCUT2D eigenvalue weighted by molar-refractivity contribution is -0.137. The molecule has 0 aliphatic heterocycles. The van der Waals surface area contributed by atoms with E-state index >= 15 is 0 Å². The molecule has 0 radical (unpaired) electrons. The van der Waals surface area contributed by atoms with Gasteiger partial charge in [-0.2, -0.15) is 13.2 Å². The molecule has 0 atom stereocenters. The molecule has 2 aromatic carbocycles. The van der Waals surface area contributed by atoms with Crippen molar-refractivity contribution in [3.63, 3.8) is 0 Å². The van der Waals surface area contributed by atoms with E-state index in [0.29, 0.717) is 6.61 Å². The molecule has 0 spiro atoms. The van der Waals surface area contributed by atoms with Crippen molar-refractivity contribution >= 4 is 11.3 Å². The number of halogens is 3. The van der Waals surface area contributed by atoms with Crippen LogP contribution < -0.4 is 4.74 Å². The van der Waals surface area contributed by atoms with Crippen LogP contribution >= 0.6 is 11.3 Å². The summed E-state index contributed by atoms with van der Waals surface area (Å²) in [5, 5.41) is 1.95. The van der Waals surface area contributed by atoms with Crippen LogP contribution in [0.3, 0.4) is 0 Å². The minimum absolute atomic E-state index is 0.432. The Labute approximate surface area is 136 Å². The summed E-state index contributed by atoms with van der Waals surface area (Å²) >= 11 is 1.49. The molecule has 1 aromatic heterocycles. The first-order chi connectivity index (χ1) is 11.0. The Hall–Kier alpha value is -2.27. The van der Waals surface area contributed by atoms with E-state index in [1.807, 2.05) is 41.8 Å². The minimum Gasteiger partial charge on any atom is -0.489 e. The Morgan fingerprint density at radius 3 is 2.26 bits per heavy atom. The van der Waals surface area contributed by atoms with Crippen LogP contribution in [0.15, 0.2) is 66.0 Å². The second kappa shape index (κ2) is 6.46. The summed E-state index contributed by atoms with van der Waals surface area (Å²) in [6.45, 7) is 0.432. The maximum absolute atomic E-state index is 12.6. The molecule has 0 amide bonds. The maximum atomic E-state index is 12.6. The van der Waals surface area contributed by atoms with Gasteiger partial charge in [-0.1, -0.05) is 30.3 Å². The van der Waals surface area contributed by atoms with E-state index in [2.05, 4.69) is 0 Å². The summed E-state index contributed by atoms with van der Waals surface area (Å²) in [6, 6.07) is 16.6. The number of thiophene rings is 1. The second-order valence-corrected chi connectivity index (χ2v) is 5.91. The van der Waals surface area contributed by atoms with Gasteiger partial charge in [-0.3, -0.25) is 0 Å². The molecular weight excluding hydrogens is 321 g/mol. The monoisotopic (exact) mass is 334 g/mol. The van der Waals surface area contributed by atoms with Crippen molar-refractivity contribution in [2.45, 2.75) is 12.8 Å². The van der Waals surface area contributed by atoms with E-state index in [1.54, 1.807) is 0 Å². The first-order valence-electron chi connectivity index (χ1n) is 6.95. The van der Waals surface area contributed by atoms with Gasteiger partial charge in [0.15, 0.2) is 0 Å². The molecule has 1 heterocycles. The lowest BCUT2D eigenvalue weighted by Crippen LogP contribution is -2.03. The van der Waals surface area contributed by atoms with Crippen molar-refractivity contribution in [1.82, 2.24) is 0 Å². The Morgan fingerprint density at radius 1 is 0.913 bits per heavy atom. The van der Waals surface area contributed by atoms with Gasteiger partial charge in [0.25, 0.3) is 0 Å². The molecule has 1 nitrogen and oxygen atoms in total. The Balaban J connectivity index is 1.69. The smallest absolute Gasteiger partial charge is 0.416 e. The Kier molecular flexibility index (Phi) is 4.39. The predicted molar refractivity (Wildman–Crippen MR) is 85.5 cm³/mol. The van der Waals surface area contributed by atoms with Gasteiger partial charge in [-0.15, -0.1) is 11.3 Å². The molecule has 0 unspecified atom stereocenters. The fourth-order valence-corrected chi connectivity index (χ4v) is 3.02. The van der Waals surface area contributed by atoms with Gasteiger partial charge in [0.1, 0.15) is 12.4 Å². The summed E-state index contributed by atoms with van der Waals surface area (Å²) in [5.41, 5.74) is 1.13. The molecule has 0 saturated carbocycles. The van der Waals surface area contributed by atoms with Crippen molar-refractivity contribution in [3.05, 3.63) is 77.2 Å². The fourth-order valence-electron chi connectivity index (χ4n) is 2.11. The quantitative estimate of drug-likeness (QED) is 0.567. The second-order valence-electron chi connectivity index (χ2n) is 5.00. The predicted octanol–water partition coefficient (Wildman–Crippen LogP) is 6.01. The third kappa shape index (κ3) is 3.93. The number of rotatable bonds is 4. The van der Waals surface area contributed by atoms with Gasteiger partial charge < -0.3 is 4.74 Å². The topological polar surface area (TPSA) is 9.23 Å². The molecule has 118 valence electrons. The van der Waals surface area contributed by atoms with Crippen LogP contribution in [0.5, 0.6) is 5.75 Å². The zero-order valence-corrected chi connectivity index (χ0v) is 12.8. The lowest BCUT2D eigenvalue weighted by atomic mass is 10.1. The van der Waals surface area contributed by atoms with E-state index in [0.717, 1.165) is 33.9 Å². The molecule has 0 saturated heterocycles. The maximum Gasteiger partial charge on any atom is 0.416 e. The van der Waals surface area contributed by atoms with E-state index in [4.69, 9.17) is 4.74 Å². The number of hydrogen-bond donors (Lipinski definition) is 0. The third-order valence-corrected chi connectivity index (χ3v) is 4.33. The van der Waals surface area contributed by atoms with Crippen molar-refractivity contribution in [3.8, 4) is 16.2 Å². The Morgan fingerprint density at radius 2 is 1.61 bits per heavy atom. The summed E-state index contributed by atoms with van der Waals surface area (Å²) in [6.07, 6.45) is -4.30. The van der Waals surface area contributed by atoms with Crippen LogP contribution in [0.1, 0.15) is 11.1 Å². The first-order valence-corrected chi connectivity index (χ1v) is 7.83. The number of hydrogen-bond acceptors (Lipinski definition) is 2. The molecule has 0 bridgehead atoms. The average Bonchev–Trinajstić information content (AvgIpc) is 3.02.